The van der Waals surface area contributed by atoms with E-state index in [1.54, 1.807) is 4.90 Å². The molecule has 0 spiro atoms. The number of hydrogen-bond donors (Lipinski definition) is 2. The number of carbonyl (C=O) groups excluding carboxylic acids is 1. The minimum atomic E-state index is -3.64. The van der Waals surface area contributed by atoms with Crippen molar-refractivity contribution < 1.29 is 18.3 Å². The molecule has 0 heterocycles. The van der Waals surface area contributed by atoms with Crippen LogP contribution in [0.1, 0.15) is 20.3 Å². The molecule has 1 aromatic rings. The van der Waals surface area contributed by atoms with E-state index in [-0.39, 0.29) is 29.5 Å². The number of phenols is 1. The average molecular weight is 300 g/mol. The van der Waals surface area contributed by atoms with Gasteiger partial charge in [-0.2, -0.15) is 0 Å². The van der Waals surface area contributed by atoms with Gasteiger partial charge in [-0.1, -0.05) is 0 Å². The molecule has 0 saturated carbocycles. The second kappa shape index (κ2) is 7.25. The third-order valence-corrected chi connectivity index (χ3v) is 4.37. The number of hydrogen-bond acceptors (Lipinski definition) is 4. The van der Waals surface area contributed by atoms with Gasteiger partial charge < -0.3 is 10.0 Å². The highest BCUT2D eigenvalue weighted by Gasteiger charge is 2.15. The third-order valence-electron chi connectivity index (χ3n) is 2.89. The van der Waals surface area contributed by atoms with Gasteiger partial charge >= 0.3 is 0 Å². The number of benzene rings is 1. The molecule has 0 aromatic heterocycles. The number of phenolic OH excluding ortho intramolecular Hbond substituents is 1. The lowest BCUT2D eigenvalue weighted by atomic mass is 10.3. The van der Waals surface area contributed by atoms with Gasteiger partial charge in [-0.05, 0) is 38.1 Å². The van der Waals surface area contributed by atoms with E-state index in [1.165, 1.54) is 24.3 Å². The van der Waals surface area contributed by atoms with Crippen molar-refractivity contribution in [3.63, 3.8) is 0 Å². The van der Waals surface area contributed by atoms with Gasteiger partial charge in [-0.3, -0.25) is 4.79 Å². The van der Waals surface area contributed by atoms with E-state index in [1.807, 2.05) is 13.8 Å². The fraction of sp³-hybridized carbons (Fsp3) is 0.462. The summed E-state index contributed by atoms with van der Waals surface area (Å²) in [6, 6.07) is 5.22. The molecule has 0 aliphatic carbocycles. The maximum atomic E-state index is 11.9. The maximum Gasteiger partial charge on any atom is 0.240 e. The van der Waals surface area contributed by atoms with E-state index in [9.17, 15) is 13.2 Å². The standard InChI is InChI=1S/C13H20N2O4S/c1-3-15(4-2)13(17)9-10-14-20(18,19)12-7-5-11(16)6-8-12/h5-8,14,16H,3-4,9-10H2,1-2H3. The topological polar surface area (TPSA) is 86.7 Å². The van der Waals surface area contributed by atoms with Crippen LogP contribution in [0, 0.1) is 0 Å². The second-order valence-corrected chi connectivity index (χ2v) is 5.97. The Labute approximate surface area is 119 Å². The van der Waals surface area contributed by atoms with Crippen LogP contribution >= 0.6 is 0 Å². The Balaban J connectivity index is 2.56. The maximum absolute atomic E-state index is 11.9. The molecule has 0 aliphatic heterocycles. The first-order chi connectivity index (χ1) is 9.40. The number of rotatable bonds is 7. The van der Waals surface area contributed by atoms with Crippen LogP contribution in [-0.2, 0) is 14.8 Å². The van der Waals surface area contributed by atoms with Crippen LogP contribution in [0.3, 0.4) is 0 Å². The van der Waals surface area contributed by atoms with Crippen LogP contribution in [0.5, 0.6) is 5.75 Å². The van der Waals surface area contributed by atoms with Gasteiger partial charge in [0.25, 0.3) is 0 Å². The molecule has 0 unspecified atom stereocenters. The number of amides is 1. The predicted octanol–water partition coefficient (Wildman–Crippen LogP) is 0.929. The summed E-state index contributed by atoms with van der Waals surface area (Å²) in [4.78, 5) is 13.4. The molecule has 7 heteroatoms. The van der Waals surface area contributed by atoms with Crippen LogP contribution in [0.25, 0.3) is 0 Å². The van der Waals surface area contributed by atoms with Gasteiger partial charge in [0.2, 0.25) is 15.9 Å². The summed E-state index contributed by atoms with van der Waals surface area (Å²) >= 11 is 0. The first-order valence-corrected chi connectivity index (χ1v) is 7.95. The van der Waals surface area contributed by atoms with E-state index in [0.717, 1.165) is 0 Å². The zero-order chi connectivity index (χ0) is 15.2. The van der Waals surface area contributed by atoms with Crippen molar-refractivity contribution in [3.05, 3.63) is 24.3 Å². The largest absolute Gasteiger partial charge is 0.508 e. The summed E-state index contributed by atoms with van der Waals surface area (Å²) in [6.07, 6.45) is 0.124. The average Bonchev–Trinajstić information content (AvgIpc) is 2.40. The zero-order valence-electron chi connectivity index (χ0n) is 11.7. The van der Waals surface area contributed by atoms with E-state index in [4.69, 9.17) is 5.11 Å². The smallest absolute Gasteiger partial charge is 0.240 e. The molecule has 20 heavy (non-hydrogen) atoms. The van der Waals surface area contributed by atoms with Crippen molar-refractivity contribution in [2.45, 2.75) is 25.2 Å². The van der Waals surface area contributed by atoms with E-state index < -0.39 is 10.0 Å². The summed E-state index contributed by atoms with van der Waals surface area (Å²) in [5, 5.41) is 9.12. The third kappa shape index (κ3) is 4.50. The highest BCUT2D eigenvalue weighted by Crippen LogP contribution is 2.13. The highest BCUT2D eigenvalue weighted by molar-refractivity contribution is 7.89. The summed E-state index contributed by atoms with van der Waals surface area (Å²) in [6.45, 7) is 5.03. The lowest BCUT2D eigenvalue weighted by Gasteiger charge is -2.18. The molecule has 112 valence electrons. The number of carbonyl (C=O) groups is 1. The molecule has 0 bridgehead atoms. The van der Waals surface area contributed by atoms with Gasteiger partial charge in [-0.25, -0.2) is 13.1 Å². The normalized spacial score (nSPS) is 11.3. The monoisotopic (exact) mass is 300 g/mol. The number of sulfonamides is 1. The lowest BCUT2D eigenvalue weighted by molar-refractivity contribution is -0.130. The van der Waals surface area contributed by atoms with Crippen molar-refractivity contribution in [2.75, 3.05) is 19.6 Å². The van der Waals surface area contributed by atoms with E-state index in [2.05, 4.69) is 4.72 Å². The molecule has 1 rings (SSSR count). The quantitative estimate of drug-likeness (QED) is 0.784. The summed E-state index contributed by atoms with van der Waals surface area (Å²) in [5.74, 6) is -0.0796. The fourth-order valence-corrected chi connectivity index (χ4v) is 2.77. The molecular formula is C13H20N2O4S. The van der Waals surface area contributed by atoms with E-state index in [0.29, 0.717) is 13.1 Å². The summed E-state index contributed by atoms with van der Waals surface area (Å²) in [7, 11) is -3.64. The Morgan fingerprint density at radius 3 is 2.25 bits per heavy atom. The molecule has 0 radical (unpaired) electrons. The van der Waals surface area contributed by atoms with Crippen molar-refractivity contribution in [1.82, 2.24) is 9.62 Å². The SMILES string of the molecule is CCN(CC)C(=O)CCNS(=O)(=O)c1ccc(O)cc1. The molecule has 0 fully saturated rings. The van der Waals surface area contributed by atoms with Crippen LogP contribution in [0.4, 0.5) is 0 Å². The first kappa shape index (κ1) is 16.5. The number of nitrogens with one attached hydrogen (secondary N) is 1. The Morgan fingerprint density at radius 2 is 1.75 bits per heavy atom. The Bertz CT molecular complexity index is 536. The number of nitrogens with zero attached hydrogens (tertiary/aromatic N) is 1. The van der Waals surface area contributed by atoms with Crippen LogP contribution in [0.2, 0.25) is 0 Å². The molecule has 2 N–H and O–H groups in total. The summed E-state index contributed by atoms with van der Waals surface area (Å²) in [5.41, 5.74) is 0. The van der Waals surface area contributed by atoms with Gasteiger partial charge in [0, 0.05) is 26.1 Å². The van der Waals surface area contributed by atoms with Gasteiger partial charge in [0.1, 0.15) is 5.75 Å². The fourth-order valence-electron chi connectivity index (χ4n) is 1.74. The minimum absolute atomic E-state index is 0.000612. The van der Waals surface area contributed by atoms with Gasteiger partial charge in [-0.15, -0.1) is 0 Å². The Kier molecular flexibility index (Phi) is 5.97. The molecule has 6 nitrogen and oxygen atoms in total. The van der Waals surface area contributed by atoms with Crippen LogP contribution in [0.15, 0.2) is 29.2 Å². The lowest BCUT2D eigenvalue weighted by Crippen LogP contribution is -2.34. The Hall–Kier alpha value is -1.60. The second-order valence-electron chi connectivity index (χ2n) is 4.21. The van der Waals surface area contributed by atoms with E-state index >= 15 is 0 Å². The molecule has 0 aliphatic rings. The zero-order valence-corrected chi connectivity index (χ0v) is 12.5. The van der Waals surface area contributed by atoms with Gasteiger partial charge in [0.05, 0.1) is 4.90 Å². The molecule has 1 aromatic carbocycles. The van der Waals surface area contributed by atoms with Gasteiger partial charge in [0.15, 0.2) is 0 Å². The van der Waals surface area contributed by atoms with Crippen molar-refractivity contribution in [1.29, 1.82) is 0 Å². The minimum Gasteiger partial charge on any atom is -0.508 e. The molecule has 0 saturated heterocycles. The Morgan fingerprint density at radius 1 is 1.20 bits per heavy atom. The van der Waals surface area contributed by atoms with Crippen LogP contribution < -0.4 is 4.72 Å². The number of aromatic hydroxyl groups is 1. The summed E-state index contributed by atoms with van der Waals surface area (Å²) < 4.78 is 26.2. The van der Waals surface area contributed by atoms with Crippen molar-refractivity contribution in [3.8, 4) is 5.75 Å². The van der Waals surface area contributed by atoms with Crippen molar-refractivity contribution in [2.24, 2.45) is 0 Å². The van der Waals surface area contributed by atoms with Crippen LogP contribution in [-0.4, -0.2) is 44.0 Å². The molecule has 1 amide bonds. The van der Waals surface area contributed by atoms with Crippen molar-refractivity contribution >= 4 is 15.9 Å². The first-order valence-electron chi connectivity index (χ1n) is 6.47. The molecular weight excluding hydrogens is 280 g/mol. The molecule has 0 atom stereocenters. The highest BCUT2D eigenvalue weighted by atomic mass is 32.2. The predicted molar refractivity (Wildman–Crippen MR) is 75.8 cm³/mol.